The minimum atomic E-state index is -0.500. The Morgan fingerprint density at radius 2 is 1.94 bits per heavy atom. The van der Waals surface area contributed by atoms with Crippen LogP contribution in [0.1, 0.15) is 78.1 Å². The van der Waals surface area contributed by atoms with Gasteiger partial charge in [-0.25, -0.2) is 4.79 Å². The van der Waals surface area contributed by atoms with E-state index in [9.17, 15) is 14.7 Å². The number of nitrogens with zero attached hydrogens (tertiary/aromatic N) is 2. The van der Waals surface area contributed by atoms with Crippen LogP contribution in [0.25, 0.3) is 0 Å². The van der Waals surface area contributed by atoms with Gasteiger partial charge in [0, 0.05) is 6.54 Å². The highest BCUT2D eigenvalue weighted by molar-refractivity contribution is 5.96. The molecule has 1 heterocycles. The van der Waals surface area contributed by atoms with E-state index in [1.165, 1.54) is 31.9 Å². The van der Waals surface area contributed by atoms with Crippen molar-refractivity contribution >= 4 is 17.6 Å². The topological polar surface area (TPSA) is 88.4 Å². The Hall–Kier alpha value is -1.89. The molecular weight excluding hydrogens is 432 g/mol. The van der Waals surface area contributed by atoms with Crippen molar-refractivity contribution in [2.24, 2.45) is 33.7 Å². The lowest BCUT2D eigenvalue weighted by molar-refractivity contribution is -0.152. The summed E-state index contributed by atoms with van der Waals surface area (Å²) < 4.78 is 4.82. The Kier molecular flexibility index (Phi) is 6.28. The number of aliphatic hydroxyl groups excluding tert-OH is 1. The molecule has 0 unspecified atom stereocenters. The highest BCUT2D eigenvalue weighted by Gasteiger charge is 2.58. The third kappa shape index (κ3) is 3.78. The molecule has 7 heteroatoms. The van der Waals surface area contributed by atoms with Crippen molar-refractivity contribution in [3.05, 3.63) is 11.6 Å². The monoisotopic (exact) mass is 472 g/mol. The molecule has 0 bridgehead atoms. The molecule has 34 heavy (non-hydrogen) atoms. The zero-order chi connectivity index (χ0) is 24.1. The quantitative estimate of drug-likeness (QED) is 0.496. The summed E-state index contributed by atoms with van der Waals surface area (Å²) >= 11 is 0. The molecule has 3 saturated carbocycles. The lowest BCUT2D eigenvalue weighted by atomic mass is 9.47. The average Bonchev–Trinajstić information content (AvgIpc) is 3.43. The summed E-state index contributed by atoms with van der Waals surface area (Å²) in [4.78, 5) is 31.5. The summed E-state index contributed by atoms with van der Waals surface area (Å²) in [5.41, 5.74) is 2.72. The molecular formula is C27H40N2O5. The van der Waals surface area contributed by atoms with Crippen LogP contribution in [0.2, 0.25) is 0 Å². The lowest BCUT2D eigenvalue weighted by Crippen LogP contribution is -2.51. The van der Waals surface area contributed by atoms with Gasteiger partial charge in [0.15, 0.2) is 6.61 Å². The molecule has 4 fully saturated rings. The number of carbonyl (C=O) groups excluding carboxylic acids is 2. The molecule has 188 valence electrons. The van der Waals surface area contributed by atoms with E-state index in [1.54, 1.807) is 4.90 Å². The van der Waals surface area contributed by atoms with Gasteiger partial charge in [-0.3, -0.25) is 4.79 Å². The molecule has 1 saturated heterocycles. The summed E-state index contributed by atoms with van der Waals surface area (Å²) in [5.74, 6) is 1.48. The van der Waals surface area contributed by atoms with Gasteiger partial charge in [-0.1, -0.05) is 24.6 Å². The Labute approximate surface area is 202 Å². The number of aliphatic hydroxyl groups is 1. The summed E-state index contributed by atoms with van der Waals surface area (Å²) in [7, 11) is 1.35. The largest absolute Gasteiger partial charge is 0.467 e. The molecule has 7 nitrogen and oxygen atoms in total. The van der Waals surface area contributed by atoms with Crippen LogP contribution < -0.4 is 0 Å². The fourth-order valence-electron chi connectivity index (χ4n) is 8.32. The summed E-state index contributed by atoms with van der Waals surface area (Å²) in [6.45, 7) is 5.19. The van der Waals surface area contributed by atoms with Crippen molar-refractivity contribution < 1.29 is 24.3 Å². The lowest BCUT2D eigenvalue weighted by Gasteiger charge is -2.57. The smallest absolute Gasteiger partial charge is 0.328 e. The SMILES string of the molecule is COC(=O)[C@H]1CCCN1C(=O)CO/N=C1\C=C2CC[C@H]3[C@@H](CC[C@]4(C)[C@@H](O)CC[C@@H]34)[C@@]2(C)CC1. The standard InChI is InChI=1S/C27H40N2O5/c1-26-12-10-18(28-34-16-24(31)29-14-4-5-22(29)25(32)33-3)15-17(26)6-7-19-20-8-9-23(30)27(20,2)13-11-21(19)26/h15,19-23,30H,4-14,16H2,1-3H3/b28-18-/t19-,20+,21-,22-,23+,26+,27+/m1/s1. The second-order valence-corrected chi connectivity index (χ2v) is 11.8. The fourth-order valence-corrected chi connectivity index (χ4v) is 8.32. The van der Waals surface area contributed by atoms with Gasteiger partial charge in [-0.2, -0.15) is 0 Å². The van der Waals surface area contributed by atoms with Crippen LogP contribution >= 0.6 is 0 Å². The maximum Gasteiger partial charge on any atom is 0.328 e. The molecule has 5 aliphatic rings. The molecule has 0 radical (unpaired) electrons. The van der Waals surface area contributed by atoms with Crippen LogP contribution in [-0.4, -0.2) is 60.0 Å². The van der Waals surface area contributed by atoms with Gasteiger partial charge in [0.1, 0.15) is 6.04 Å². The molecule has 5 rings (SSSR count). The number of likely N-dealkylation sites (tertiary alicyclic amines) is 1. The van der Waals surface area contributed by atoms with E-state index in [1.807, 2.05) is 0 Å². The van der Waals surface area contributed by atoms with Gasteiger partial charge in [0.05, 0.1) is 18.9 Å². The van der Waals surface area contributed by atoms with Crippen molar-refractivity contribution in [3.63, 3.8) is 0 Å². The Morgan fingerprint density at radius 1 is 1.12 bits per heavy atom. The van der Waals surface area contributed by atoms with E-state index in [0.717, 1.165) is 44.2 Å². The van der Waals surface area contributed by atoms with Crippen molar-refractivity contribution in [1.82, 2.24) is 4.90 Å². The van der Waals surface area contributed by atoms with Crippen LogP contribution in [-0.2, 0) is 19.2 Å². The van der Waals surface area contributed by atoms with Gasteiger partial charge < -0.3 is 19.6 Å². The fraction of sp³-hybridized carbons (Fsp3) is 0.815. The highest BCUT2D eigenvalue weighted by Crippen LogP contribution is 2.65. The number of allylic oxidation sites excluding steroid dienone is 2. The third-order valence-corrected chi connectivity index (χ3v) is 10.3. The number of esters is 1. The van der Waals surface area contributed by atoms with Crippen molar-refractivity contribution in [3.8, 4) is 0 Å². The Balaban J connectivity index is 1.23. The highest BCUT2D eigenvalue weighted by atomic mass is 16.6. The Morgan fingerprint density at radius 3 is 2.74 bits per heavy atom. The van der Waals surface area contributed by atoms with E-state index in [2.05, 4.69) is 25.1 Å². The summed E-state index contributed by atoms with van der Waals surface area (Å²) in [5, 5.41) is 15.0. The molecule has 0 spiro atoms. The predicted octanol–water partition coefficient (Wildman–Crippen LogP) is 3.85. The van der Waals surface area contributed by atoms with Gasteiger partial charge >= 0.3 is 5.97 Å². The van der Waals surface area contributed by atoms with Crippen molar-refractivity contribution in [1.29, 1.82) is 0 Å². The molecule has 4 aliphatic carbocycles. The predicted molar refractivity (Wildman–Crippen MR) is 128 cm³/mol. The maximum absolute atomic E-state index is 12.6. The first-order chi connectivity index (χ1) is 16.3. The first kappa shape index (κ1) is 23.8. The molecule has 0 aromatic heterocycles. The Bertz CT molecular complexity index is 899. The first-order valence-electron chi connectivity index (χ1n) is 13.2. The summed E-state index contributed by atoms with van der Waals surface area (Å²) in [6, 6.07) is -0.500. The van der Waals surface area contributed by atoms with Crippen LogP contribution in [0.3, 0.4) is 0 Å². The van der Waals surface area contributed by atoms with Crippen LogP contribution in [0.15, 0.2) is 16.8 Å². The normalized spacial score (nSPS) is 42.5. The maximum atomic E-state index is 12.6. The van der Waals surface area contributed by atoms with Crippen LogP contribution in [0, 0.1) is 28.6 Å². The van der Waals surface area contributed by atoms with Gasteiger partial charge in [0.2, 0.25) is 0 Å². The van der Waals surface area contributed by atoms with Crippen LogP contribution in [0.4, 0.5) is 0 Å². The first-order valence-corrected chi connectivity index (χ1v) is 13.2. The number of rotatable bonds is 4. The van der Waals surface area contributed by atoms with E-state index in [0.29, 0.717) is 30.7 Å². The molecule has 1 amide bonds. The summed E-state index contributed by atoms with van der Waals surface area (Å²) in [6.07, 6.45) is 12.2. The molecule has 1 N–H and O–H groups in total. The third-order valence-electron chi connectivity index (χ3n) is 10.3. The van der Waals surface area contributed by atoms with E-state index < -0.39 is 6.04 Å². The van der Waals surface area contributed by atoms with Crippen LogP contribution in [0.5, 0.6) is 0 Å². The van der Waals surface area contributed by atoms with E-state index in [4.69, 9.17) is 9.57 Å². The minimum absolute atomic E-state index is 0.114. The van der Waals surface area contributed by atoms with Crippen molar-refractivity contribution in [2.75, 3.05) is 20.3 Å². The molecule has 0 aromatic rings. The second kappa shape index (κ2) is 8.96. The van der Waals surface area contributed by atoms with Gasteiger partial charge in [-0.05, 0) is 98.9 Å². The molecule has 0 aromatic carbocycles. The molecule has 1 aliphatic heterocycles. The van der Waals surface area contributed by atoms with E-state index >= 15 is 0 Å². The van der Waals surface area contributed by atoms with Crippen molar-refractivity contribution in [2.45, 2.75) is 90.2 Å². The number of methoxy groups -OCH3 is 1. The number of carbonyl (C=O) groups is 2. The van der Waals surface area contributed by atoms with Gasteiger partial charge in [-0.15, -0.1) is 0 Å². The number of ether oxygens (including phenoxy) is 1. The minimum Gasteiger partial charge on any atom is -0.467 e. The number of oxime groups is 1. The number of hydrogen-bond donors (Lipinski definition) is 1. The average molecular weight is 473 g/mol. The molecule has 7 atom stereocenters. The van der Waals surface area contributed by atoms with E-state index in [-0.39, 0.29) is 35.4 Å². The number of amides is 1. The zero-order valence-corrected chi connectivity index (χ0v) is 20.9. The zero-order valence-electron chi connectivity index (χ0n) is 20.9. The number of fused-ring (bicyclic) bond motifs is 5. The number of hydrogen-bond acceptors (Lipinski definition) is 6. The van der Waals surface area contributed by atoms with Gasteiger partial charge in [0.25, 0.3) is 5.91 Å². The second-order valence-electron chi connectivity index (χ2n) is 11.8.